The van der Waals surface area contributed by atoms with Crippen molar-refractivity contribution in [2.45, 2.75) is 43.2 Å². The second-order valence-electron chi connectivity index (χ2n) is 10.8. The van der Waals surface area contributed by atoms with E-state index in [1.807, 2.05) is 30.3 Å². The molecule has 0 bridgehead atoms. The molecule has 4 aromatic rings. The molecule has 11 nitrogen and oxygen atoms in total. The van der Waals surface area contributed by atoms with Gasteiger partial charge in [0, 0.05) is 11.8 Å². The summed E-state index contributed by atoms with van der Waals surface area (Å²) in [5, 5.41) is 13.1. The summed E-state index contributed by atoms with van der Waals surface area (Å²) in [6.07, 6.45) is -9.00. The first kappa shape index (κ1) is 33.4. The largest absolute Gasteiger partial charge is 0.497 e. The van der Waals surface area contributed by atoms with Crippen molar-refractivity contribution in [2.75, 3.05) is 20.8 Å². The number of aliphatic hydroxyl groups excluding tert-OH is 1. The van der Waals surface area contributed by atoms with Gasteiger partial charge in [-0.05, 0) is 47.9 Å². The van der Waals surface area contributed by atoms with Crippen LogP contribution in [0.3, 0.4) is 0 Å². The second-order valence-corrected chi connectivity index (χ2v) is 10.8. The van der Waals surface area contributed by atoms with Crippen molar-refractivity contribution in [2.24, 2.45) is 0 Å². The molecule has 1 aromatic heterocycles. The summed E-state index contributed by atoms with van der Waals surface area (Å²) in [5.74, 6) is -1.19. The van der Waals surface area contributed by atoms with Gasteiger partial charge in [-0.3, -0.25) is 19.1 Å². The molecule has 0 saturated carbocycles. The Morgan fingerprint density at radius 2 is 1.45 bits per heavy atom. The minimum Gasteiger partial charge on any atom is -0.497 e. The monoisotopic (exact) mass is 655 g/mol. The lowest BCUT2D eigenvalue weighted by Gasteiger charge is -2.37. The van der Waals surface area contributed by atoms with E-state index in [4.69, 9.17) is 18.9 Å². The zero-order valence-corrected chi connectivity index (χ0v) is 25.5. The Hall–Kier alpha value is -4.92. The Morgan fingerprint density at radius 1 is 0.915 bits per heavy atom. The van der Waals surface area contributed by atoms with Gasteiger partial charge in [-0.25, -0.2) is 4.79 Å². The number of amides is 1. The van der Waals surface area contributed by atoms with E-state index in [-0.39, 0.29) is 5.56 Å². The van der Waals surface area contributed by atoms with Crippen LogP contribution in [-0.2, 0) is 19.9 Å². The van der Waals surface area contributed by atoms with Gasteiger partial charge in [0.05, 0.1) is 20.8 Å². The van der Waals surface area contributed by atoms with Gasteiger partial charge in [-0.1, -0.05) is 54.6 Å². The molecule has 14 heteroatoms. The molecule has 0 aliphatic carbocycles. The summed E-state index contributed by atoms with van der Waals surface area (Å²) in [6.45, 7) is 0.946. The third-order valence-corrected chi connectivity index (χ3v) is 7.98. The number of carbonyl (C=O) groups excluding carboxylic acids is 1. The number of nitrogens with one attached hydrogen (secondary N) is 2. The maximum Gasteiger partial charge on any atom is 0.471 e. The summed E-state index contributed by atoms with van der Waals surface area (Å²) in [6, 6.07) is 21.5. The number of H-pyrrole nitrogens is 1. The third kappa shape index (κ3) is 6.66. The van der Waals surface area contributed by atoms with Crippen LogP contribution in [0, 0.1) is 6.92 Å². The van der Waals surface area contributed by atoms with Gasteiger partial charge in [-0.15, -0.1) is 0 Å². The van der Waals surface area contributed by atoms with Crippen LogP contribution >= 0.6 is 0 Å². The van der Waals surface area contributed by atoms with Gasteiger partial charge in [0.15, 0.2) is 6.23 Å². The van der Waals surface area contributed by atoms with E-state index >= 15 is 0 Å². The number of aliphatic hydroxyl groups is 1. The van der Waals surface area contributed by atoms with Crippen molar-refractivity contribution in [1.29, 1.82) is 0 Å². The first-order chi connectivity index (χ1) is 22.4. The van der Waals surface area contributed by atoms with E-state index in [1.54, 1.807) is 53.8 Å². The van der Waals surface area contributed by atoms with Gasteiger partial charge in [0.25, 0.3) is 5.56 Å². The number of alkyl halides is 3. The molecule has 0 unspecified atom stereocenters. The molecule has 248 valence electrons. The number of carbonyl (C=O) groups is 1. The van der Waals surface area contributed by atoms with Gasteiger partial charge >= 0.3 is 17.8 Å². The van der Waals surface area contributed by atoms with Gasteiger partial charge in [0.1, 0.15) is 35.3 Å². The molecule has 1 aliphatic rings. The number of nitrogens with zero attached hydrogens (tertiary/aromatic N) is 1. The minimum atomic E-state index is -5.30. The van der Waals surface area contributed by atoms with Crippen molar-refractivity contribution in [3.63, 3.8) is 0 Å². The quantitative estimate of drug-likeness (QED) is 0.222. The maximum atomic E-state index is 13.3. The highest BCUT2D eigenvalue weighted by Gasteiger charge is 2.51. The van der Waals surface area contributed by atoms with Crippen LogP contribution in [-0.4, -0.2) is 65.8 Å². The molecule has 47 heavy (non-hydrogen) atoms. The summed E-state index contributed by atoms with van der Waals surface area (Å²) >= 11 is 0. The fourth-order valence-corrected chi connectivity index (χ4v) is 5.57. The number of aryl methyl sites for hydroxylation is 1. The lowest BCUT2D eigenvalue weighted by atomic mass is 9.80. The summed E-state index contributed by atoms with van der Waals surface area (Å²) in [4.78, 5) is 38.9. The van der Waals surface area contributed by atoms with Crippen LogP contribution < -0.4 is 26.0 Å². The number of benzene rings is 3. The molecular formula is C33H32F3N3O8. The predicted octanol–water partition coefficient (Wildman–Crippen LogP) is 3.18. The maximum absolute atomic E-state index is 13.3. The Morgan fingerprint density at radius 3 is 1.96 bits per heavy atom. The van der Waals surface area contributed by atoms with Gasteiger partial charge in [-0.2, -0.15) is 13.2 Å². The molecule has 1 saturated heterocycles. The molecule has 3 aromatic carbocycles. The Balaban J connectivity index is 1.59. The molecule has 1 aliphatic heterocycles. The van der Waals surface area contributed by atoms with E-state index in [9.17, 15) is 32.7 Å². The van der Waals surface area contributed by atoms with E-state index in [0.29, 0.717) is 28.2 Å². The van der Waals surface area contributed by atoms with Crippen LogP contribution in [0.4, 0.5) is 13.2 Å². The van der Waals surface area contributed by atoms with E-state index in [1.165, 1.54) is 21.1 Å². The number of aromatic nitrogens is 2. The van der Waals surface area contributed by atoms with Crippen LogP contribution in [0.2, 0.25) is 0 Å². The Bertz CT molecular complexity index is 1760. The fraction of sp³-hybridized carbons (Fsp3) is 0.303. The summed E-state index contributed by atoms with van der Waals surface area (Å²) in [7, 11) is 3.05. The zero-order valence-electron chi connectivity index (χ0n) is 25.5. The highest BCUT2D eigenvalue weighted by atomic mass is 19.4. The van der Waals surface area contributed by atoms with Crippen molar-refractivity contribution in [1.82, 2.24) is 14.9 Å². The molecule has 2 heterocycles. The van der Waals surface area contributed by atoms with E-state index < -0.39 is 60.0 Å². The van der Waals surface area contributed by atoms with Crippen LogP contribution in [0.15, 0.2) is 94.6 Å². The molecule has 1 amide bonds. The summed E-state index contributed by atoms with van der Waals surface area (Å²) < 4.78 is 64.2. The van der Waals surface area contributed by atoms with E-state index in [2.05, 4.69) is 4.98 Å². The van der Waals surface area contributed by atoms with E-state index in [0.717, 1.165) is 10.8 Å². The standard InChI is InChI=1S/C33H32F3N3O8/c1-19-17-39(31(43)38-28(19)41)29-26(37-30(42)33(34,35)36)27(40)25(47-29)18-46-32(20-7-5-4-6-8-20,21-9-13-23(44-2)14-10-21)22-11-15-24(45-3)16-12-22/h4-17,25-27,29,40H,18H2,1-3H3,(H,37,42)(H,38,41,43)/t25-,26+,27-,29+/m0/s1. The molecule has 1 fully saturated rings. The number of halogens is 3. The normalized spacial score (nSPS) is 19.7. The Kier molecular flexibility index (Phi) is 9.56. The SMILES string of the molecule is COc1ccc(C(OC[C@@H]2O[C@@H](n3cc(C)c(=O)[nH]c3=O)[C@H](NC(=O)C(F)(F)F)[C@H]2O)(c2ccccc2)c2ccc(OC)cc2)cc1. The number of hydrogen-bond acceptors (Lipinski definition) is 8. The number of aromatic amines is 1. The van der Waals surface area contributed by atoms with Gasteiger partial charge in [0.2, 0.25) is 0 Å². The topological polar surface area (TPSA) is 141 Å². The van der Waals surface area contributed by atoms with Crippen molar-refractivity contribution >= 4 is 5.91 Å². The molecule has 3 N–H and O–H groups in total. The van der Waals surface area contributed by atoms with Crippen molar-refractivity contribution in [3.8, 4) is 11.5 Å². The summed E-state index contributed by atoms with van der Waals surface area (Å²) in [5.41, 5.74) is -1.13. The van der Waals surface area contributed by atoms with Crippen LogP contribution in [0.1, 0.15) is 28.5 Å². The average Bonchev–Trinajstić information content (AvgIpc) is 3.37. The second kappa shape index (κ2) is 13.4. The van der Waals surface area contributed by atoms with Crippen LogP contribution in [0.5, 0.6) is 11.5 Å². The number of methoxy groups -OCH3 is 2. The molecule has 4 atom stereocenters. The number of hydrogen-bond donors (Lipinski definition) is 3. The predicted molar refractivity (Wildman–Crippen MR) is 162 cm³/mol. The highest BCUT2D eigenvalue weighted by Crippen LogP contribution is 2.43. The zero-order chi connectivity index (χ0) is 33.9. The first-order valence-electron chi connectivity index (χ1n) is 14.4. The minimum absolute atomic E-state index is 0.0467. The molecule has 0 spiro atoms. The Labute approximate surface area is 266 Å². The fourth-order valence-electron chi connectivity index (χ4n) is 5.57. The van der Waals surface area contributed by atoms with Gasteiger partial charge < -0.3 is 29.4 Å². The highest BCUT2D eigenvalue weighted by molar-refractivity contribution is 5.82. The van der Waals surface area contributed by atoms with Crippen molar-refractivity contribution in [3.05, 3.63) is 128 Å². The average molecular weight is 656 g/mol. The number of ether oxygens (including phenoxy) is 4. The smallest absolute Gasteiger partial charge is 0.471 e. The molecule has 0 radical (unpaired) electrons. The van der Waals surface area contributed by atoms with Crippen LogP contribution in [0.25, 0.3) is 0 Å². The lowest BCUT2D eigenvalue weighted by Crippen LogP contribution is -2.52. The molecular weight excluding hydrogens is 623 g/mol. The molecule has 5 rings (SSSR count). The van der Waals surface area contributed by atoms with Crippen molar-refractivity contribution < 1.29 is 42.0 Å². The number of rotatable bonds is 10. The third-order valence-electron chi connectivity index (χ3n) is 7.98. The first-order valence-corrected chi connectivity index (χ1v) is 14.4. The lowest BCUT2D eigenvalue weighted by molar-refractivity contribution is -0.175.